The molecule has 0 aliphatic rings. The van der Waals surface area contributed by atoms with Crippen molar-refractivity contribution in [3.8, 4) is 23.4 Å². The van der Waals surface area contributed by atoms with Gasteiger partial charge in [-0.25, -0.2) is 0 Å². The summed E-state index contributed by atoms with van der Waals surface area (Å²) in [6, 6.07) is 9.41. The zero-order chi connectivity index (χ0) is 15.2. The first kappa shape index (κ1) is 14.8. The smallest absolute Gasteiger partial charge is 0.257 e. The molecule has 2 aromatic rings. The van der Waals surface area contributed by atoms with Crippen LogP contribution in [-0.4, -0.2) is 17.3 Å². The highest BCUT2D eigenvalue weighted by Crippen LogP contribution is 2.32. The average Bonchev–Trinajstić information content (AvgIpc) is 2.54. The molecule has 21 heavy (non-hydrogen) atoms. The summed E-state index contributed by atoms with van der Waals surface area (Å²) in [5.41, 5.74) is 2.16. The summed E-state index contributed by atoms with van der Waals surface area (Å²) in [6.45, 7) is 3.98. The molecule has 0 radical (unpaired) electrons. The van der Waals surface area contributed by atoms with E-state index in [0.717, 1.165) is 17.7 Å². The third-order valence-corrected chi connectivity index (χ3v) is 3.20. The van der Waals surface area contributed by atoms with Gasteiger partial charge in [0.15, 0.2) is 11.5 Å². The van der Waals surface area contributed by atoms with Crippen LogP contribution in [0.15, 0.2) is 24.3 Å². The van der Waals surface area contributed by atoms with E-state index in [1.807, 2.05) is 26.0 Å². The Balaban J connectivity index is 2.48. The van der Waals surface area contributed by atoms with Gasteiger partial charge >= 0.3 is 0 Å². The van der Waals surface area contributed by atoms with E-state index in [9.17, 15) is 5.26 Å². The number of aromatic nitrogens is 2. The van der Waals surface area contributed by atoms with Gasteiger partial charge in [0.05, 0.1) is 12.8 Å². The number of benzene rings is 1. The van der Waals surface area contributed by atoms with E-state index >= 15 is 0 Å². The van der Waals surface area contributed by atoms with Gasteiger partial charge < -0.3 is 9.47 Å². The molecule has 1 heterocycles. The van der Waals surface area contributed by atoms with Crippen molar-refractivity contribution in [3.05, 3.63) is 41.1 Å². The molecule has 5 nitrogen and oxygen atoms in total. The van der Waals surface area contributed by atoms with Crippen molar-refractivity contribution in [1.29, 1.82) is 5.26 Å². The molecule has 0 bridgehead atoms. The summed E-state index contributed by atoms with van der Waals surface area (Å²) in [5.74, 6) is 1.31. The van der Waals surface area contributed by atoms with Crippen molar-refractivity contribution in [2.45, 2.75) is 26.7 Å². The second-order valence-corrected chi connectivity index (χ2v) is 4.38. The fraction of sp³-hybridized carbons (Fsp3) is 0.312. The number of methoxy groups -OCH3 is 1. The number of hydrogen-bond acceptors (Lipinski definition) is 5. The lowest BCUT2D eigenvalue weighted by atomic mass is 10.0. The van der Waals surface area contributed by atoms with Crippen LogP contribution in [0.3, 0.4) is 0 Å². The highest BCUT2D eigenvalue weighted by atomic mass is 16.5. The van der Waals surface area contributed by atoms with Crippen molar-refractivity contribution >= 4 is 0 Å². The predicted octanol–water partition coefficient (Wildman–Crippen LogP) is 3.27. The maximum absolute atomic E-state index is 9.43. The van der Waals surface area contributed by atoms with Gasteiger partial charge in [-0.05, 0) is 30.5 Å². The average molecular weight is 283 g/mol. The van der Waals surface area contributed by atoms with Crippen molar-refractivity contribution in [2.75, 3.05) is 7.11 Å². The van der Waals surface area contributed by atoms with Gasteiger partial charge in [0.2, 0.25) is 0 Å². The zero-order valence-corrected chi connectivity index (χ0v) is 12.4. The fourth-order valence-electron chi connectivity index (χ4n) is 2.15. The molecule has 0 saturated carbocycles. The van der Waals surface area contributed by atoms with Gasteiger partial charge in [0, 0.05) is 0 Å². The molecule has 0 aliphatic heterocycles. The third kappa shape index (κ3) is 2.95. The van der Waals surface area contributed by atoms with Crippen molar-refractivity contribution < 1.29 is 9.47 Å². The molecule has 0 amide bonds. The third-order valence-electron chi connectivity index (χ3n) is 3.20. The van der Waals surface area contributed by atoms with Crippen molar-refractivity contribution in [2.24, 2.45) is 0 Å². The molecule has 0 unspecified atom stereocenters. The molecule has 0 spiro atoms. The molecule has 1 aromatic heterocycles. The summed E-state index contributed by atoms with van der Waals surface area (Å²) in [4.78, 5) is 0. The minimum atomic E-state index is 0.219. The first-order valence-electron chi connectivity index (χ1n) is 6.84. The maximum Gasteiger partial charge on any atom is 0.257 e. The van der Waals surface area contributed by atoms with Crippen LogP contribution in [0.4, 0.5) is 0 Å². The van der Waals surface area contributed by atoms with Gasteiger partial charge in [0.25, 0.3) is 5.88 Å². The first-order valence-corrected chi connectivity index (χ1v) is 6.84. The molecule has 2 rings (SSSR count). The minimum Gasteiger partial charge on any atom is -0.493 e. The highest BCUT2D eigenvalue weighted by Gasteiger charge is 2.17. The molecule has 1 aromatic carbocycles. The lowest BCUT2D eigenvalue weighted by Gasteiger charge is -2.12. The summed E-state index contributed by atoms with van der Waals surface area (Å²) in [7, 11) is 1.57. The van der Waals surface area contributed by atoms with Crippen molar-refractivity contribution in [3.63, 3.8) is 0 Å². The Hall–Kier alpha value is -2.61. The Morgan fingerprint density at radius 3 is 2.38 bits per heavy atom. The fourth-order valence-corrected chi connectivity index (χ4v) is 2.15. The number of ether oxygens (including phenoxy) is 2. The van der Waals surface area contributed by atoms with Crippen LogP contribution in [0.5, 0.6) is 17.4 Å². The van der Waals surface area contributed by atoms with Crippen LogP contribution in [0.1, 0.15) is 30.7 Å². The summed E-state index contributed by atoms with van der Waals surface area (Å²) in [6.07, 6.45) is 1.45. The zero-order valence-electron chi connectivity index (χ0n) is 12.4. The maximum atomic E-state index is 9.43. The van der Waals surface area contributed by atoms with E-state index in [4.69, 9.17) is 9.47 Å². The standard InChI is InChI=1S/C16H17N3O2/c1-4-11-12(10-17)16(19-18-13(11)5-2)21-15-9-7-6-8-14(15)20-3/h6-9H,4-5H2,1-3H3. The monoisotopic (exact) mass is 283 g/mol. The minimum absolute atomic E-state index is 0.219. The Morgan fingerprint density at radius 2 is 1.81 bits per heavy atom. The second-order valence-electron chi connectivity index (χ2n) is 4.38. The molecule has 0 N–H and O–H groups in total. The number of aryl methyl sites for hydroxylation is 1. The Morgan fingerprint density at radius 1 is 1.10 bits per heavy atom. The Bertz CT molecular complexity index is 678. The topological polar surface area (TPSA) is 68.0 Å². The number of rotatable bonds is 5. The van der Waals surface area contributed by atoms with E-state index in [1.54, 1.807) is 19.2 Å². The molecule has 108 valence electrons. The van der Waals surface area contributed by atoms with Gasteiger partial charge in [-0.1, -0.05) is 26.0 Å². The van der Waals surface area contributed by atoms with E-state index in [1.165, 1.54) is 0 Å². The van der Waals surface area contributed by atoms with Crippen LogP contribution in [-0.2, 0) is 12.8 Å². The largest absolute Gasteiger partial charge is 0.493 e. The molecular weight excluding hydrogens is 266 g/mol. The molecule has 0 saturated heterocycles. The summed E-state index contributed by atoms with van der Waals surface area (Å²) in [5, 5.41) is 17.6. The van der Waals surface area contributed by atoms with Crippen LogP contribution >= 0.6 is 0 Å². The molecule has 5 heteroatoms. The lowest BCUT2D eigenvalue weighted by molar-refractivity contribution is 0.371. The second kappa shape index (κ2) is 6.71. The van der Waals surface area contributed by atoms with E-state index in [0.29, 0.717) is 23.5 Å². The predicted molar refractivity (Wildman–Crippen MR) is 78.6 cm³/mol. The molecule has 0 atom stereocenters. The van der Waals surface area contributed by atoms with Gasteiger partial charge in [0.1, 0.15) is 11.6 Å². The van der Waals surface area contributed by atoms with Crippen LogP contribution in [0.2, 0.25) is 0 Å². The van der Waals surface area contributed by atoms with Gasteiger partial charge in [-0.15, -0.1) is 5.10 Å². The van der Waals surface area contributed by atoms with Crippen molar-refractivity contribution in [1.82, 2.24) is 10.2 Å². The van der Waals surface area contributed by atoms with E-state index in [2.05, 4.69) is 16.3 Å². The highest BCUT2D eigenvalue weighted by molar-refractivity contribution is 5.49. The lowest BCUT2D eigenvalue weighted by Crippen LogP contribution is -2.05. The Labute approximate surface area is 124 Å². The van der Waals surface area contributed by atoms with Crippen LogP contribution in [0, 0.1) is 11.3 Å². The van der Waals surface area contributed by atoms with Crippen LogP contribution in [0.25, 0.3) is 0 Å². The first-order chi connectivity index (χ1) is 10.2. The van der Waals surface area contributed by atoms with E-state index in [-0.39, 0.29) is 5.88 Å². The van der Waals surface area contributed by atoms with E-state index < -0.39 is 0 Å². The SMILES string of the molecule is CCc1nnc(Oc2ccccc2OC)c(C#N)c1CC. The quantitative estimate of drug-likeness (QED) is 0.842. The number of nitriles is 1. The molecular formula is C16H17N3O2. The summed E-state index contributed by atoms with van der Waals surface area (Å²) < 4.78 is 11.0. The number of para-hydroxylation sites is 2. The van der Waals surface area contributed by atoms with Gasteiger partial charge in [-0.3, -0.25) is 0 Å². The number of nitrogens with zero attached hydrogens (tertiary/aromatic N) is 3. The molecule has 0 fully saturated rings. The van der Waals surface area contributed by atoms with Crippen LogP contribution < -0.4 is 9.47 Å². The molecule has 0 aliphatic carbocycles. The Kier molecular flexibility index (Phi) is 4.72. The number of hydrogen-bond donors (Lipinski definition) is 0. The normalized spacial score (nSPS) is 10.0. The van der Waals surface area contributed by atoms with Gasteiger partial charge in [-0.2, -0.15) is 10.4 Å². The summed E-state index contributed by atoms with van der Waals surface area (Å²) >= 11 is 0.